The van der Waals surface area contributed by atoms with Crippen LogP contribution in [0, 0.1) is 0 Å². The first-order valence-electron chi connectivity index (χ1n) is 7.26. The van der Waals surface area contributed by atoms with Crippen LogP contribution in [0.15, 0.2) is 12.0 Å². The second kappa shape index (κ2) is 17.2. The van der Waals surface area contributed by atoms with E-state index in [0.717, 1.165) is 24.9 Å². The van der Waals surface area contributed by atoms with Crippen LogP contribution in [0.25, 0.3) is 0 Å². The summed E-state index contributed by atoms with van der Waals surface area (Å²) in [6.07, 6.45) is 1.94. The van der Waals surface area contributed by atoms with Gasteiger partial charge in [-0.3, -0.25) is 4.79 Å². The van der Waals surface area contributed by atoms with Crippen LogP contribution in [0.5, 0.6) is 0 Å². The lowest BCUT2D eigenvalue weighted by molar-refractivity contribution is -0.118. The van der Waals surface area contributed by atoms with Gasteiger partial charge in [0.15, 0.2) is 9.84 Å². The molecule has 1 amide bonds. The maximum Gasteiger partial charge on any atom is 0.229 e. The highest BCUT2D eigenvalue weighted by molar-refractivity contribution is 14.1. The van der Waals surface area contributed by atoms with E-state index in [-0.39, 0.29) is 18.3 Å². The van der Waals surface area contributed by atoms with Gasteiger partial charge in [0, 0.05) is 25.2 Å². The lowest BCUT2D eigenvalue weighted by atomic mass is 10.5. The number of sulfone groups is 1. The maximum absolute atomic E-state index is 10.8. The minimum atomic E-state index is -3.06. The molecule has 0 aromatic rings. The summed E-state index contributed by atoms with van der Waals surface area (Å²) in [5.41, 5.74) is 0. The van der Waals surface area contributed by atoms with Gasteiger partial charge in [-0.1, -0.05) is 43.0 Å². The quantitative estimate of drug-likeness (QED) is 0.280. The van der Waals surface area contributed by atoms with Gasteiger partial charge in [0.05, 0.1) is 23.4 Å². The molecule has 22 heavy (non-hydrogen) atoms. The van der Waals surface area contributed by atoms with Crippen LogP contribution in [0.1, 0.15) is 26.7 Å². The average molecular weight is 449 g/mol. The lowest BCUT2D eigenvalue weighted by Gasteiger charge is -2.02. The molecule has 0 unspecified atom stereocenters. The number of carbonyl (C=O) groups is 1. The number of nitrogens with one attached hydrogen (secondary N) is 1. The summed E-state index contributed by atoms with van der Waals surface area (Å²) in [6.45, 7) is 10.1. The van der Waals surface area contributed by atoms with Crippen molar-refractivity contribution in [3.8, 4) is 0 Å². The summed E-state index contributed by atoms with van der Waals surface area (Å²) in [4.78, 5) is 10.7. The van der Waals surface area contributed by atoms with Gasteiger partial charge >= 0.3 is 0 Å². The Bertz CT molecular complexity index is 373. The van der Waals surface area contributed by atoms with Gasteiger partial charge in [-0.2, -0.15) is 0 Å². The Balaban J connectivity index is 0. The molecule has 0 heterocycles. The highest BCUT2D eigenvalue weighted by atomic mass is 127. The third kappa shape index (κ3) is 19.8. The van der Waals surface area contributed by atoms with Gasteiger partial charge in [-0.15, -0.1) is 0 Å². The topological polar surface area (TPSA) is 81.7 Å². The first-order chi connectivity index (χ1) is 10.4. The van der Waals surface area contributed by atoms with Crippen molar-refractivity contribution in [1.82, 2.24) is 5.32 Å². The lowest BCUT2D eigenvalue weighted by Crippen LogP contribution is -2.27. The minimum absolute atomic E-state index is 0.0382. The van der Waals surface area contributed by atoms with Crippen molar-refractivity contribution < 1.29 is 22.7 Å². The summed E-state index contributed by atoms with van der Waals surface area (Å²) >= 11 is 2.03. The second-order valence-corrected chi connectivity index (χ2v) is 7.07. The summed E-state index contributed by atoms with van der Waals surface area (Å²) in [6, 6.07) is 0. The monoisotopic (exact) mass is 449 g/mol. The fourth-order valence-corrected chi connectivity index (χ4v) is 1.85. The summed E-state index contributed by atoms with van der Waals surface area (Å²) in [5.74, 6) is 0.113. The number of ether oxygens (including phenoxy) is 2. The molecule has 0 fully saturated rings. The smallest absolute Gasteiger partial charge is 0.229 e. The van der Waals surface area contributed by atoms with Crippen LogP contribution in [0.3, 0.4) is 0 Å². The predicted molar refractivity (Wildman–Crippen MR) is 98.1 cm³/mol. The largest absolute Gasteiger partial charge is 0.380 e. The molecule has 8 heteroatoms. The zero-order valence-corrected chi connectivity index (χ0v) is 16.4. The summed E-state index contributed by atoms with van der Waals surface area (Å²) < 4.78 is 32.2. The number of hydrogen-bond donors (Lipinski definition) is 1. The molecule has 0 aromatic carbocycles. The van der Waals surface area contributed by atoms with Crippen molar-refractivity contribution in [3.63, 3.8) is 0 Å². The number of alkyl halides is 1. The van der Waals surface area contributed by atoms with Crippen molar-refractivity contribution in [3.05, 3.63) is 12.0 Å². The molecule has 1 N–H and O–H groups in total. The van der Waals surface area contributed by atoms with Crippen LogP contribution < -0.4 is 5.32 Å². The zero-order valence-electron chi connectivity index (χ0n) is 13.5. The first kappa shape index (κ1) is 24.1. The van der Waals surface area contributed by atoms with E-state index in [1.165, 1.54) is 0 Å². The number of halogens is 1. The fraction of sp³-hybridized carbons (Fsp3) is 0.786. The molecular weight excluding hydrogens is 421 g/mol. The molecule has 0 radical (unpaired) electrons. The van der Waals surface area contributed by atoms with Crippen LogP contribution in [-0.2, 0) is 24.1 Å². The average Bonchev–Trinajstić information content (AvgIpc) is 2.52. The fourth-order valence-electron chi connectivity index (χ4n) is 1.06. The van der Waals surface area contributed by atoms with E-state index in [1.807, 2.05) is 29.5 Å². The van der Waals surface area contributed by atoms with Crippen molar-refractivity contribution in [2.24, 2.45) is 0 Å². The van der Waals surface area contributed by atoms with Crippen molar-refractivity contribution >= 4 is 38.3 Å². The van der Waals surface area contributed by atoms with Gasteiger partial charge in [0.25, 0.3) is 0 Å². The second-order valence-electron chi connectivity index (χ2n) is 4.24. The van der Waals surface area contributed by atoms with Gasteiger partial charge in [-0.25, -0.2) is 8.42 Å². The van der Waals surface area contributed by atoms with E-state index in [0.29, 0.717) is 24.2 Å². The third-order valence-corrected chi connectivity index (χ3v) is 4.09. The first-order valence-corrected chi connectivity index (χ1v) is 10.5. The zero-order chi connectivity index (χ0) is 17.3. The van der Waals surface area contributed by atoms with E-state index >= 15 is 0 Å². The van der Waals surface area contributed by atoms with Crippen LogP contribution in [-0.4, -0.2) is 57.5 Å². The molecule has 0 saturated heterocycles. The Morgan fingerprint density at radius 2 is 1.68 bits per heavy atom. The number of amides is 1. The van der Waals surface area contributed by atoms with Gasteiger partial charge in [0.2, 0.25) is 5.91 Å². The molecule has 0 aliphatic carbocycles. The van der Waals surface area contributed by atoms with E-state index in [2.05, 4.69) is 18.8 Å². The van der Waals surface area contributed by atoms with Gasteiger partial charge < -0.3 is 14.8 Å². The molecule has 0 aliphatic heterocycles. The molecule has 0 aliphatic rings. The van der Waals surface area contributed by atoms with E-state index in [4.69, 9.17) is 9.47 Å². The normalized spacial score (nSPS) is 10.5. The Morgan fingerprint density at radius 3 is 2.14 bits per heavy atom. The highest BCUT2D eigenvalue weighted by Gasteiger charge is 2.02. The predicted octanol–water partition coefficient (Wildman–Crippen LogP) is 1.94. The van der Waals surface area contributed by atoms with Gasteiger partial charge in [0.1, 0.15) is 0 Å². The number of carbonyl (C=O) groups excluding carboxylic acids is 1. The molecule has 0 saturated carbocycles. The van der Waals surface area contributed by atoms with Gasteiger partial charge in [-0.05, 0) is 12.8 Å². The maximum atomic E-state index is 10.8. The van der Waals surface area contributed by atoms with Crippen LogP contribution >= 0.6 is 22.6 Å². The molecule has 0 aromatic heterocycles. The summed E-state index contributed by atoms with van der Waals surface area (Å²) in [7, 11) is -3.06. The Morgan fingerprint density at radius 1 is 1.14 bits per heavy atom. The Labute approximate surface area is 148 Å². The highest BCUT2D eigenvalue weighted by Crippen LogP contribution is 1.91. The molecule has 0 spiro atoms. The summed E-state index contributed by atoms with van der Waals surface area (Å²) in [5, 5.41) is 3.68. The third-order valence-electron chi connectivity index (χ3n) is 2.15. The Kier molecular flexibility index (Phi) is 18.8. The molecule has 6 nitrogen and oxygen atoms in total. The standard InChI is InChI=1S/C7H14INO2.C7H14O3S/c1-2-4-11-5-3-9-7(10)6-8;1-3-5-10-6-7-11(8,9)4-2/h2-6H2,1H3,(H,9,10);4H,2-3,5-7H2,1H3. The minimum Gasteiger partial charge on any atom is -0.380 e. The molecule has 0 bridgehead atoms. The van der Waals surface area contributed by atoms with E-state index in [1.54, 1.807) is 0 Å². The van der Waals surface area contributed by atoms with Crippen molar-refractivity contribution in [1.29, 1.82) is 0 Å². The van der Waals surface area contributed by atoms with Crippen LogP contribution in [0.4, 0.5) is 0 Å². The van der Waals surface area contributed by atoms with E-state index < -0.39 is 9.84 Å². The number of hydrogen-bond acceptors (Lipinski definition) is 5. The van der Waals surface area contributed by atoms with Crippen LogP contribution in [0.2, 0.25) is 0 Å². The van der Waals surface area contributed by atoms with E-state index in [9.17, 15) is 13.2 Å². The SMILES string of the molecule is C=CS(=O)(=O)CCOCCC.CCCOCCNC(=O)CI. The molecule has 132 valence electrons. The molecule has 0 rings (SSSR count). The van der Waals surface area contributed by atoms with Crippen molar-refractivity contribution in [2.45, 2.75) is 26.7 Å². The Hall–Kier alpha value is -0.190. The van der Waals surface area contributed by atoms with Crippen molar-refractivity contribution in [2.75, 3.05) is 43.2 Å². The number of rotatable bonds is 12. The molecule has 0 atom stereocenters. The molecular formula is C14H28INO5S.